The van der Waals surface area contributed by atoms with Gasteiger partial charge in [-0.1, -0.05) is 44.2 Å². The van der Waals surface area contributed by atoms with Crippen LogP contribution < -0.4 is 4.90 Å². The second-order valence-corrected chi connectivity index (χ2v) is 10.3. The number of anilines is 1. The van der Waals surface area contributed by atoms with Gasteiger partial charge in [-0.2, -0.15) is 0 Å². The molecular formula is C22H26FN3O3S2. The number of carbonyl (C=O) groups excluding carboxylic acids is 1. The van der Waals surface area contributed by atoms with Crippen LogP contribution in [0.1, 0.15) is 31.1 Å². The summed E-state index contributed by atoms with van der Waals surface area (Å²) in [6, 6.07) is 10.8. The third-order valence-corrected chi connectivity index (χ3v) is 7.96. The zero-order chi connectivity index (χ0) is 22.6. The largest absolute Gasteiger partial charge is 0.302 e. The van der Waals surface area contributed by atoms with Gasteiger partial charge in [-0.25, -0.2) is 17.8 Å². The third-order valence-electron chi connectivity index (χ3n) is 5.19. The molecular weight excluding hydrogens is 437 g/mol. The number of fused-ring (bicyclic) bond motifs is 1. The van der Waals surface area contributed by atoms with Crippen molar-refractivity contribution in [1.29, 1.82) is 0 Å². The zero-order valence-electron chi connectivity index (χ0n) is 17.8. The van der Waals surface area contributed by atoms with E-state index in [0.717, 1.165) is 13.1 Å². The molecule has 1 heterocycles. The van der Waals surface area contributed by atoms with Crippen LogP contribution >= 0.6 is 11.3 Å². The van der Waals surface area contributed by atoms with Crippen LogP contribution in [0, 0.1) is 5.82 Å². The minimum atomic E-state index is -3.45. The number of likely N-dealkylation sites (N-methyl/N-ethyl adjacent to an activating group) is 1. The lowest BCUT2D eigenvalue weighted by molar-refractivity contribution is 0.0983. The second-order valence-electron chi connectivity index (χ2n) is 7.00. The molecule has 0 aliphatic heterocycles. The first kappa shape index (κ1) is 23.3. The zero-order valence-corrected chi connectivity index (χ0v) is 19.5. The highest BCUT2D eigenvalue weighted by atomic mass is 32.2. The lowest BCUT2D eigenvalue weighted by Crippen LogP contribution is -2.39. The van der Waals surface area contributed by atoms with Crippen LogP contribution in [0.4, 0.5) is 9.52 Å². The fourth-order valence-corrected chi connectivity index (χ4v) is 5.16. The van der Waals surface area contributed by atoms with Crippen molar-refractivity contribution in [3.05, 3.63) is 53.8 Å². The van der Waals surface area contributed by atoms with E-state index in [0.29, 0.717) is 22.9 Å². The highest BCUT2D eigenvalue weighted by Crippen LogP contribution is 2.31. The van der Waals surface area contributed by atoms with Gasteiger partial charge in [0.2, 0.25) is 0 Å². The van der Waals surface area contributed by atoms with Gasteiger partial charge in [0.25, 0.3) is 5.91 Å². The van der Waals surface area contributed by atoms with E-state index in [2.05, 4.69) is 9.88 Å². The van der Waals surface area contributed by atoms with E-state index in [1.165, 1.54) is 34.4 Å². The van der Waals surface area contributed by atoms with Crippen LogP contribution in [0.3, 0.4) is 0 Å². The normalized spacial score (nSPS) is 11.9. The first-order chi connectivity index (χ1) is 14.8. The van der Waals surface area contributed by atoms with E-state index in [9.17, 15) is 17.6 Å². The van der Waals surface area contributed by atoms with Crippen molar-refractivity contribution >= 4 is 42.4 Å². The van der Waals surface area contributed by atoms with Crippen LogP contribution in [-0.2, 0) is 9.84 Å². The van der Waals surface area contributed by atoms with E-state index in [-0.39, 0.29) is 27.6 Å². The Bertz CT molecular complexity index is 1170. The fourth-order valence-electron chi connectivity index (χ4n) is 3.23. The predicted octanol–water partition coefficient (Wildman–Crippen LogP) is 4.22. The molecule has 31 heavy (non-hydrogen) atoms. The Labute approximate surface area is 186 Å². The molecule has 9 heteroatoms. The van der Waals surface area contributed by atoms with Crippen LogP contribution in [-0.4, -0.2) is 56.1 Å². The molecule has 0 N–H and O–H groups in total. The van der Waals surface area contributed by atoms with Crippen molar-refractivity contribution < 1.29 is 17.6 Å². The molecule has 1 aromatic heterocycles. The van der Waals surface area contributed by atoms with E-state index in [1.54, 1.807) is 31.2 Å². The van der Waals surface area contributed by atoms with Crippen LogP contribution in [0.2, 0.25) is 0 Å². The average Bonchev–Trinajstić information content (AvgIpc) is 3.22. The van der Waals surface area contributed by atoms with Crippen LogP contribution in [0.25, 0.3) is 10.2 Å². The van der Waals surface area contributed by atoms with E-state index in [4.69, 9.17) is 0 Å². The van der Waals surface area contributed by atoms with E-state index < -0.39 is 15.7 Å². The fraction of sp³-hybridized carbons (Fsp3) is 0.364. The molecule has 2 aromatic carbocycles. The summed E-state index contributed by atoms with van der Waals surface area (Å²) in [5, 5.41) is 0.390. The number of para-hydroxylation sites is 1. The number of thiazole rings is 1. The number of rotatable bonds is 9. The van der Waals surface area contributed by atoms with Crippen molar-refractivity contribution in [3.63, 3.8) is 0 Å². The molecule has 0 saturated carbocycles. The van der Waals surface area contributed by atoms with Gasteiger partial charge >= 0.3 is 0 Å². The first-order valence-corrected chi connectivity index (χ1v) is 12.7. The molecule has 3 aromatic rings. The summed E-state index contributed by atoms with van der Waals surface area (Å²) in [5.74, 6) is -0.847. The van der Waals surface area contributed by atoms with Gasteiger partial charge in [-0.15, -0.1) is 0 Å². The number of aromatic nitrogens is 1. The molecule has 0 fully saturated rings. The standard InChI is InChI=1S/C22H26FN3O3S2/c1-4-25(5-2)13-14-26(22-24-20-18(23)11-8-12-19(20)30-22)21(27)16-9-7-10-17(15-16)31(28,29)6-3/h7-12,15H,4-6,13-14H2,1-3H3. The number of hydrogen-bond donors (Lipinski definition) is 0. The molecule has 0 saturated heterocycles. The highest BCUT2D eigenvalue weighted by Gasteiger charge is 2.24. The molecule has 3 rings (SSSR count). The summed E-state index contributed by atoms with van der Waals surface area (Å²) < 4.78 is 39.4. The third kappa shape index (κ3) is 5.11. The monoisotopic (exact) mass is 463 g/mol. The number of halogens is 1. The molecule has 0 radical (unpaired) electrons. The summed E-state index contributed by atoms with van der Waals surface area (Å²) in [7, 11) is -3.45. The quantitative estimate of drug-likeness (QED) is 0.475. The molecule has 166 valence electrons. The topological polar surface area (TPSA) is 70.6 Å². The Morgan fingerprint density at radius 1 is 1.06 bits per heavy atom. The van der Waals surface area contributed by atoms with Gasteiger partial charge < -0.3 is 4.90 Å². The van der Waals surface area contributed by atoms with Gasteiger partial charge in [0.1, 0.15) is 11.3 Å². The van der Waals surface area contributed by atoms with Crippen LogP contribution in [0.15, 0.2) is 47.4 Å². The number of carbonyl (C=O) groups is 1. The summed E-state index contributed by atoms with van der Waals surface area (Å²) in [5.41, 5.74) is 0.485. The van der Waals surface area contributed by atoms with Gasteiger partial charge in [0.15, 0.2) is 15.0 Å². The lowest BCUT2D eigenvalue weighted by Gasteiger charge is -2.25. The van der Waals surface area contributed by atoms with Crippen molar-refractivity contribution in [2.45, 2.75) is 25.7 Å². The molecule has 0 atom stereocenters. The lowest BCUT2D eigenvalue weighted by atomic mass is 10.2. The summed E-state index contributed by atoms with van der Waals surface area (Å²) in [4.78, 5) is 21.6. The smallest absolute Gasteiger partial charge is 0.260 e. The first-order valence-electron chi connectivity index (χ1n) is 10.2. The Kier molecular flexibility index (Phi) is 7.40. The number of sulfone groups is 1. The maximum Gasteiger partial charge on any atom is 0.260 e. The van der Waals surface area contributed by atoms with E-state index >= 15 is 0 Å². The molecule has 0 aliphatic carbocycles. The SMILES string of the molecule is CCN(CC)CCN(C(=O)c1cccc(S(=O)(=O)CC)c1)c1nc2c(F)cccc2s1. The van der Waals surface area contributed by atoms with Crippen molar-refractivity contribution in [3.8, 4) is 0 Å². The molecule has 0 bridgehead atoms. The Morgan fingerprint density at radius 3 is 2.42 bits per heavy atom. The van der Waals surface area contributed by atoms with Crippen LogP contribution in [0.5, 0.6) is 0 Å². The molecule has 0 aliphatic rings. The van der Waals surface area contributed by atoms with Crippen molar-refractivity contribution in [2.24, 2.45) is 0 Å². The number of amides is 1. The molecule has 0 unspecified atom stereocenters. The summed E-state index contributed by atoms with van der Waals surface area (Å²) >= 11 is 1.24. The maximum atomic E-state index is 14.2. The molecule has 6 nitrogen and oxygen atoms in total. The Morgan fingerprint density at radius 2 is 1.77 bits per heavy atom. The Balaban J connectivity index is 2.02. The summed E-state index contributed by atoms with van der Waals surface area (Å²) in [6.45, 7) is 8.28. The van der Waals surface area contributed by atoms with Gasteiger partial charge in [-0.3, -0.25) is 9.69 Å². The molecule has 1 amide bonds. The number of benzene rings is 2. The van der Waals surface area contributed by atoms with Gasteiger partial charge in [-0.05, 0) is 43.4 Å². The Hall–Kier alpha value is -2.36. The van der Waals surface area contributed by atoms with Gasteiger partial charge in [0.05, 0.1) is 15.3 Å². The molecule has 0 spiro atoms. The minimum absolute atomic E-state index is 0.0482. The van der Waals surface area contributed by atoms with Gasteiger partial charge in [0, 0.05) is 18.7 Å². The number of hydrogen-bond acceptors (Lipinski definition) is 6. The summed E-state index contributed by atoms with van der Waals surface area (Å²) in [6.07, 6.45) is 0. The van der Waals surface area contributed by atoms with E-state index in [1.807, 2.05) is 13.8 Å². The maximum absolute atomic E-state index is 14.2. The average molecular weight is 464 g/mol. The second kappa shape index (κ2) is 9.84. The van der Waals surface area contributed by atoms with Crippen molar-refractivity contribution in [1.82, 2.24) is 9.88 Å². The highest BCUT2D eigenvalue weighted by molar-refractivity contribution is 7.91. The predicted molar refractivity (Wildman–Crippen MR) is 123 cm³/mol. The minimum Gasteiger partial charge on any atom is -0.302 e. The number of nitrogens with zero attached hydrogens (tertiary/aromatic N) is 3. The van der Waals surface area contributed by atoms with Crippen molar-refractivity contribution in [2.75, 3.05) is 36.8 Å².